The van der Waals surface area contributed by atoms with Gasteiger partial charge in [0.25, 0.3) is 5.91 Å². The quantitative estimate of drug-likeness (QED) is 0.337. The molecule has 0 atom stereocenters. The molecule has 0 aliphatic carbocycles. The van der Waals surface area contributed by atoms with Crippen LogP contribution in [0.2, 0.25) is 0 Å². The zero-order chi connectivity index (χ0) is 25.0. The molecule has 7 heteroatoms. The monoisotopic (exact) mass is 477 g/mol. The molecule has 0 bridgehead atoms. The normalized spacial score (nSPS) is 10.5. The molecule has 7 nitrogen and oxygen atoms in total. The average molecular weight is 478 g/mol. The van der Waals surface area contributed by atoms with E-state index in [4.69, 9.17) is 19.3 Å². The summed E-state index contributed by atoms with van der Waals surface area (Å²) in [5, 5.41) is 11.2. The van der Waals surface area contributed by atoms with Crippen molar-refractivity contribution >= 4 is 11.9 Å². The second kappa shape index (κ2) is 13.0. The molecule has 3 aromatic carbocycles. The van der Waals surface area contributed by atoms with Crippen LogP contribution in [0.1, 0.15) is 35.2 Å². The number of hydrogen-bond acceptors (Lipinski definition) is 5. The standard InChI is InChI=1S/C28H31NO6/c1-33-24-14-15-25(26(19-24)34-2)21-10-12-23(13-11-21)35-18-4-3-5-20-6-8-22(9-7-20)28(32)29-17-16-27(30)31/h6-15,19H,3-5,16-18H2,1-2H3,(H,29,32)(H,30,31). The van der Waals surface area contributed by atoms with E-state index in [1.807, 2.05) is 54.6 Å². The van der Waals surface area contributed by atoms with Crippen LogP contribution in [0.5, 0.6) is 17.2 Å². The zero-order valence-electron chi connectivity index (χ0n) is 20.1. The minimum absolute atomic E-state index is 0.0898. The lowest BCUT2D eigenvalue weighted by Gasteiger charge is -2.11. The summed E-state index contributed by atoms with van der Waals surface area (Å²) in [4.78, 5) is 22.5. The number of carbonyl (C=O) groups excluding carboxylic acids is 1. The summed E-state index contributed by atoms with van der Waals surface area (Å²) < 4.78 is 16.6. The molecule has 0 unspecified atom stereocenters. The minimum Gasteiger partial charge on any atom is -0.497 e. The molecule has 3 aromatic rings. The number of unbranched alkanes of at least 4 members (excludes halogenated alkanes) is 1. The van der Waals surface area contributed by atoms with Gasteiger partial charge in [-0.05, 0) is 66.8 Å². The van der Waals surface area contributed by atoms with Crippen LogP contribution in [-0.2, 0) is 11.2 Å². The van der Waals surface area contributed by atoms with Crippen molar-refractivity contribution in [2.75, 3.05) is 27.4 Å². The third-order valence-corrected chi connectivity index (χ3v) is 5.54. The predicted octanol–water partition coefficient (Wildman–Crippen LogP) is 4.98. The van der Waals surface area contributed by atoms with Crippen LogP contribution in [-0.4, -0.2) is 44.4 Å². The Morgan fingerprint density at radius 2 is 1.57 bits per heavy atom. The lowest BCUT2D eigenvalue weighted by molar-refractivity contribution is -0.136. The number of methoxy groups -OCH3 is 2. The smallest absolute Gasteiger partial charge is 0.305 e. The van der Waals surface area contributed by atoms with Gasteiger partial charge in [-0.25, -0.2) is 0 Å². The zero-order valence-corrected chi connectivity index (χ0v) is 20.1. The highest BCUT2D eigenvalue weighted by Crippen LogP contribution is 2.34. The molecule has 0 aliphatic rings. The van der Waals surface area contributed by atoms with E-state index < -0.39 is 5.97 Å². The maximum Gasteiger partial charge on any atom is 0.305 e. The van der Waals surface area contributed by atoms with Crippen molar-refractivity contribution in [2.45, 2.75) is 25.7 Å². The summed E-state index contributed by atoms with van der Waals surface area (Å²) in [7, 11) is 3.28. The molecule has 0 saturated heterocycles. The van der Waals surface area contributed by atoms with Crippen molar-refractivity contribution in [3.63, 3.8) is 0 Å². The van der Waals surface area contributed by atoms with Crippen LogP contribution >= 0.6 is 0 Å². The Labute approximate surface area is 205 Å². The van der Waals surface area contributed by atoms with Crippen molar-refractivity contribution in [1.29, 1.82) is 0 Å². The van der Waals surface area contributed by atoms with Gasteiger partial charge >= 0.3 is 5.97 Å². The Kier molecular flexibility index (Phi) is 9.54. The van der Waals surface area contributed by atoms with E-state index in [1.54, 1.807) is 26.4 Å². The summed E-state index contributed by atoms with van der Waals surface area (Å²) >= 11 is 0. The van der Waals surface area contributed by atoms with Crippen molar-refractivity contribution in [1.82, 2.24) is 5.32 Å². The van der Waals surface area contributed by atoms with Crippen LogP contribution in [0.3, 0.4) is 0 Å². The summed E-state index contributed by atoms with van der Waals surface area (Å²) in [6.45, 7) is 0.740. The number of aryl methyl sites for hydroxylation is 1. The summed E-state index contributed by atoms with van der Waals surface area (Å²) in [6.07, 6.45) is 2.67. The SMILES string of the molecule is COc1ccc(-c2ccc(OCCCCc3ccc(C(=O)NCCC(=O)O)cc3)cc2)c(OC)c1. The number of aliphatic carboxylic acids is 1. The lowest BCUT2D eigenvalue weighted by atomic mass is 10.0. The molecule has 3 rings (SSSR count). The molecule has 0 saturated carbocycles. The number of ether oxygens (including phenoxy) is 3. The van der Waals surface area contributed by atoms with E-state index in [9.17, 15) is 9.59 Å². The van der Waals surface area contributed by atoms with E-state index >= 15 is 0 Å². The van der Waals surface area contributed by atoms with Gasteiger partial charge in [-0.3, -0.25) is 9.59 Å². The number of rotatable bonds is 13. The molecule has 0 heterocycles. The number of carboxylic acids is 1. The van der Waals surface area contributed by atoms with Gasteiger partial charge in [0.15, 0.2) is 0 Å². The van der Waals surface area contributed by atoms with Crippen molar-refractivity contribution in [3.8, 4) is 28.4 Å². The van der Waals surface area contributed by atoms with Crippen LogP contribution < -0.4 is 19.5 Å². The first-order chi connectivity index (χ1) is 17.0. The molecule has 0 aromatic heterocycles. The van der Waals surface area contributed by atoms with Crippen LogP contribution in [0.4, 0.5) is 0 Å². The highest BCUT2D eigenvalue weighted by Gasteiger charge is 2.08. The topological polar surface area (TPSA) is 94.1 Å². The minimum atomic E-state index is -0.934. The first kappa shape index (κ1) is 25.6. The molecule has 0 fully saturated rings. The Bertz CT molecular complexity index is 1110. The van der Waals surface area contributed by atoms with Gasteiger partial charge in [-0.15, -0.1) is 0 Å². The van der Waals surface area contributed by atoms with Crippen molar-refractivity contribution < 1.29 is 28.9 Å². The fourth-order valence-electron chi connectivity index (χ4n) is 3.60. The number of nitrogens with one attached hydrogen (secondary N) is 1. The van der Waals surface area contributed by atoms with Gasteiger partial charge < -0.3 is 24.6 Å². The fourth-order valence-corrected chi connectivity index (χ4v) is 3.60. The Morgan fingerprint density at radius 3 is 2.23 bits per heavy atom. The summed E-state index contributed by atoms with van der Waals surface area (Å²) in [5.41, 5.74) is 3.70. The largest absolute Gasteiger partial charge is 0.497 e. The average Bonchev–Trinajstić information content (AvgIpc) is 2.88. The first-order valence-electron chi connectivity index (χ1n) is 11.5. The second-order valence-electron chi connectivity index (χ2n) is 7.99. The van der Waals surface area contributed by atoms with Crippen molar-refractivity contribution in [3.05, 3.63) is 77.9 Å². The molecular formula is C28H31NO6. The van der Waals surface area contributed by atoms with Gasteiger partial charge in [-0.2, -0.15) is 0 Å². The lowest BCUT2D eigenvalue weighted by Crippen LogP contribution is -2.25. The summed E-state index contributed by atoms with van der Waals surface area (Å²) in [5.74, 6) is 1.13. The van der Waals surface area contributed by atoms with Crippen molar-refractivity contribution in [2.24, 2.45) is 0 Å². The Hall–Kier alpha value is -4.00. The van der Waals surface area contributed by atoms with Gasteiger partial charge in [-0.1, -0.05) is 24.3 Å². The summed E-state index contributed by atoms with van der Waals surface area (Å²) in [6, 6.07) is 21.1. The van der Waals surface area contributed by atoms with Gasteiger partial charge in [0.2, 0.25) is 0 Å². The molecule has 2 N–H and O–H groups in total. The Morgan fingerprint density at radius 1 is 0.857 bits per heavy atom. The second-order valence-corrected chi connectivity index (χ2v) is 7.99. The van der Waals surface area contributed by atoms with E-state index in [1.165, 1.54) is 0 Å². The number of benzene rings is 3. The third kappa shape index (κ3) is 7.78. The number of hydrogen-bond donors (Lipinski definition) is 2. The van der Waals surface area contributed by atoms with Crippen LogP contribution in [0.15, 0.2) is 66.7 Å². The van der Waals surface area contributed by atoms with E-state index in [-0.39, 0.29) is 18.9 Å². The first-order valence-corrected chi connectivity index (χ1v) is 11.5. The maximum atomic E-state index is 12.0. The highest BCUT2D eigenvalue weighted by atomic mass is 16.5. The van der Waals surface area contributed by atoms with E-state index in [0.29, 0.717) is 12.2 Å². The van der Waals surface area contributed by atoms with E-state index in [0.717, 1.165) is 53.2 Å². The highest BCUT2D eigenvalue weighted by molar-refractivity contribution is 5.94. The Balaban J connectivity index is 1.40. The molecule has 0 spiro atoms. The molecule has 0 radical (unpaired) electrons. The maximum absolute atomic E-state index is 12.0. The number of amides is 1. The number of carboxylic acid groups (broad SMARTS) is 1. The van der Waals surface area contributed by atoms with E-state index in [2.05, 4.69) is 5.32 Å². The molecule has 35 heavy (non-hydrogen) atoms. The number of carbonyl (C=O) groups is 2. The van der Waals surface area contributed by atoms with Crippen LogP contribution in [0, 0.1) is 0 Å². The molecule has 1 amide bonds. The third-order valence-electron chi connectivity index (χ3n) is 5.54. The predicted molar refractivity (Wildman–Crippen MR) is 134 cm³/mol. The van der Waals surface area contributed by atoms with Gasteiger partial charge in [0.1, 0.15) is 17.2 Å². The van der Waals surface area contributed by atoms with Gasteiger partial charge in [0, 0.05) is 23.7 Å². The van der Waals surface area contributed by atoms with Crippen LogP contribution in [0.25, 0.3) is 11.1 Å². The molecular weight excluding hydrogens is 446 g/mol. The molecule has 0 aliphatic heterocycles. The molecule has 184 valence electrons. The van der Waals surface area contributed by atoms with Gasteiger partial charge in [0.05, 0.1) is 27.2 Å². The fraction of sp³-hybridized carbons (Fsp3) is 0.286.